The first-order valence-corrected chi connectivity index (χ1v) is 10.4. The quantitative estimate of drug-likeness (QED) is 0.661. The molecule has 0 radical (unpaired) electrons. The lowest BCUT2D eigenvalue weighted by Crippen LogP contribution is -2.38. The minimum absolute atomic E-state index is 0.0175. The molecule has 138 valence electrons. The summed E-state index contributed by atoms with van der Waals surface area (Å²) in [4.78, 5) is 14.2. The zero-order valence-corrected chi connectivity index (χ0v) is 16.5. The first-order chi connectivity index (χ1) is 13.1. The molecule has 0 spiro atoms. The number of aromatic nitrogens is 2. The number of carbonyl (C=O) groups is 1. The number of benzene rings is 1. The van der Waals surface area contributed by atoms with Crippen LogP contribution in [0.15, 0.2) is 30.3 Å². The van der Waals surface area contributed by atoms with Crippen LogP contribution in [0.1, 0.15) is 51.1 Å². The maximum atomic E-state index is 12.9. The van der Waals surface area contributed by atoms with Gasteiger partial charge in [0.1, 0.15) is 16.3 Å². The van der Waals surface area contributed by atoms with Crippen molar-refractivity contribution in [1.29, 1.82) is 0 Å². The highest BCUT2D eigenvalue weighted by Crippen LogP contribution is 2.42. The third kappa shape index (κ3) is 2.66. The summed E-state index contributed by atoms with van der Waals surface area (Å²) in [5, 5.41) is 12.7. The van der Waals surface area contributed by atoms with E-state index in [0.29, 0.717) is 5.15 Å². The average molecular weight is 399 g/mol. The normalized spacial score (nSPS) is 18.4. The van der Waals surface area contributed by atoms with E-state index in [1.54, 1.807) is 16.0 Å². The van der Waals surface area contributed by atoms with E-state index in [1.807, 2.05) is 37.3 Å². The van der Waals surface area contributed by atoms with Crippen LogP contribution < -0.4 is 10.6 Å². The molecule has 2 N–H and O–H groups in total. The highest BCUT2D eigenvalue weighted by molar-refractivity contribution is 7.16. The van der Waals surface area contributed by atoms with Gasteiger partial charge in [-0.2, -0.15) is 5.10 Å². The van der Waals surface area contributed by atoms with Gasteiger partial charge in [-0.25, -0.2) is 4.68 Å². The van der Waals surface area contributed by atoms with E-state index in [1.165, 1.54) is 16.9 Å². The Kier molecular flexibility index (Phi) is 3.98. The summed E-state index contributed by atoms with van der Waals surface area (Å²) in [5.41, 5.74) is 4.56. The minimum atomic E-state index is -0.380. The van der Waals surface area contributed by atoms with Crippen molar-refractivity contribution < 1.29 is 4.79 Å². The molecule has 3 aromatic rings. The van der Waals surface area contributed by atoms with E-state index >= 15 is 0 Å². The van der Waals surface area contributed by atoms with Crippen LogP contribution in [0.25, 0.3) is 5.69 Å². The SMILES string of the molecule is Cc1nn(-c2ccccc2)c(Cl)c1C1NC(=O)c2c(sc3c2CCCC3)N1. The summed E-state index contributed by atoms with van der Waals surface area (Å²) in [5.74, 6) is -0.0175. The second kappa shape index (κ2) is 6.39. The molecule has 2 aliphatic rings. The summed E-state index contributed by atoms with van der Waals surface area (Å²) in [6.45, 7) is 1.92. The highest BCUT2D eigenvalue weighted by atomic mass is 35.5. The maximum absolute atomic E-state index is 12.9. The number of nitrogens with one attached hydrogen (secondary N) is 2. The van der Waals surface area contributed by atoms with Crippen molar-refractivity contribution in [3.63, 3.8) is 0 Å². The molecule has 2 aromatic heterocycles. The van der Waals surface area contributed by atoms with Crippen LogP contribution in [0.4, 0.5) is 5.00 Å². The fraction of sp³-hybridized carbons (Fsp3) is 0.300. The molecule has 7 heteroatoms. The Hall–Kier alpha value is -2.31. The third-order valence-electron chi connectivity index (χ3n) is 5.29. The summed E-state index contributed by atoms with van der Waals surface area (Å²) in [7, 11) is 0. The molecule has 1 amide bonds. The van der Waals surface area contributed by atoms with E-state index in [2.05, 4.69) is 15.7 Å². The van der Waals surface area contributed by atoms with Crippen molar-refractivity contribution in [2.24, 2.45) is 0 Å². The molecule has 0 saturated heterocycles. The Balaban J connectivity index is 1.54. The lowest BCUT2D eigenvalue weighted by atomic mass is 9.94. The Morgan fingerprint density at radius 3 is 2.78 bits per heavy atom. The van der Waals surface area contributed by atoms with Crippen molar-refractivity contribution in [1.82, 2.24) is 15.1 Å². The van der Waals surface area contributed by atoms with Crippen molar-refractivity contribution in [2.75, 3.05) is 5.32 Å². The lowest BCUT2D eigenvalue weighted by molar-refractivity contribution is 0.0935. The average Bonchev–Trinajstić information content (AvgIpc) is 3.19. The number of anilines is 1. The predicted octanol–water partition coefficient (Wildman–Crippen LogP) is 4.63. The molecule has 27 heavy (non-hydrogen) atoms. The zero-order chi connectivity index (χ0) is 18.5. The number of aryl methyl sites for hydroxylation is 2. The van der Waals surface area contributed by atoms with E-state index in [0.717, 1.165) is 46.8 Å². The van der Waals surface area contributed by atoms with Gasteiger partial charge in [-0.1, -0.05) is 29.8 Å². The number of fused-ring (bicyclic) bond motifs is 3. The molecule has 0 fully saturated rings. The second-order valence-electron chi connectivity index (χ2n) is 7.00. The molecule has 1 atom stereocenters. The molecular formula is C20H19ClN4OS. The smallest absolute Gasteiger partial charge is 0.256 e. The van der Waals surface area contributed by atoms with Crippen LogP contribution >= 0.6 is 22.9 Å². The van der Waals surface area contributed by atoms with Gasteiger partial charge in [-0.05, 0) is 50.3 Å². The number of halogens is 1. The van der Waals surface area contributed by atoms with Crippen molar-refractivity contribution in [3.05, 3.63) is 62.7 Å². The summed E-state index contributed by atoms with van der Waals surface area (Å²) in [6.07, 6.45) is 4.04. The Labute approximate surface area is 166 Å². The summed E-state index contributed by atoms with van der Waals surface area (Å²) < 4.78 is 1.72. The van der Waals surface area contributed by atoms with Crippen molar-refractivity contribution in [2.45, 2.75) is 38.8 Å². The second-order valence-corrected chi connectivity index (χ2v) is 8.47. The fourth-order valence-corrected chi connectivity index (χ4v) is 5.70. The molecule has 1 aliphatic carbocycles. The number of amides is 1. The van der Waals surface area contributed by atoms with Crippen molar-refractivity contribution >= 4 is 33.8 Å². The number of para-hydroxylation sites is 1. The van der Waals surface area contributed by atoms with Gasteiger partial charge in [0.05, 0.1) is 22.5 Å². The van der Waals surface area contributed by atoms with Crippen LogP contribution in [0.3, 0.4) is 0 Å². The van der Waals surface area contributed by atoms with Crippen LogP contribution in [0.5, 0.6) is 0 Å². The van der Waals surface area contributed by atoms with E-state index in [-0.39, 0.29) is 12.1 Å². The van der Waals surface area contributed by atoms with Gasteiger partial charge in [-0.15, -0.1) is 11.3 Å². The molecule has 5 rings (SSSR count). The number of hydrogen-bond donors (Lipinski definition) is 2. The maximum Gasteiger partial charge on any atom is 0.256 e. The highest BCUT2D eigenvalue weighted by Gasteiger charge is 2.34. The zero-order valence-electron chi connectivity index (χ0n) is 14.9. The number of carbonyl (C=O) groups excluding carboxylic acids is 1. The Morgan fingerprint density at radius 1 is 1.19 bits per heavy atom. The number of rotatable bonds is 2. The first kappa shape index (κ1) is 16.8. The van der Waals surface area contributed by atoms with Crippen LogP contribution in [0, 0.1) is 6.92 Å². The van der Waals surface area contributed by atoms with Crippen LogP contribution in [0.2, 0.25) is 5.15 Å². The van der Waals surface area contributed by atoms with Gasteiger partial charge in [0.2, 0.25) is 0 Å². The van der Waals surface area contributed by atoms with Gasteiger partial charge >= 0.3 is 0 Å². The van der Waals surface area contributed by atoms with Gasteiger partial charge < -0.3 is 10.6 Å². The van der Waals surface area contributed by atoms with Crippen LogP contribution in [-0.4, -0.2) is 15.7 Å². The largest absolute Gasteiger partial charge is 0.352 e. The first-order valence-electron chi connectivity index (χ1n) is 9.16. The van der Waals surface area contributed by atoms with Gasteiger partial charge in [-0.3, -0.25) is 4.79 Å². The summed E-state index contributed by atoms with van der Waals surface area (Å²) in [6, 6.07) is 9.77. The van der Waals surface area contributed by atoms with Crippen LogP contribution in [-0.2, 0) is 12.8 Å². The standard InChI is InChI=1S/C20H19ClN4OS/c1-11-15(17(21)25(24-11)12-7-3-2-4-8-12)18-22-19(26)16-13-9-5-6-10-14(13)27-20(16)23-18/h2-4,7-8,18,23H,5-6,9-10H2,1H3,(H,22,26). The molecule has 0 bridgehead atoms. The number of hydrogen-bond acceptors (Lipinski definition) is 4. The number of nitrogens with zero attached hydrogens (tertiary/aromatic N) is 2. The van der Waals surface area contributed by atoms with E-state index in [4.69, 9.17) is 11.6 Å². The molecule has 0 saturated carbocycles. The lowest BCUT2D eigenvalue weighted by Gasteiger charge is -2.26. The molecule has 1 aromatic carbocycles. The van der Waals surface area contributed by atoms with E-state index in [9.17, 15) is 4.79 Å². The summed E-state index contributed by atoms with van der Waals surface area (Å²) >= 11 is 8.40. The van der Waals surface area contributed by atoms with Gasteiger partial charge in [0.15, 0.2) is 0 Å². The molecular weight excluding hydrogens is 380 g/mol. The third-order valence-corrected chi connectivity index (χ3v) is 6.87. The topological polar surface area (TPSA) is 59.0 Å². The molecule has 5 nitrogen and oxygen atoms in total. The minimum Gasteiger partial charge on any atom is -0.352 e. The Bertz CT molecular complexity index is 1040. The molecule has 1 aliphatic heterocycles. The van der Waals surface area contributed by atoms with Gasteiger partial charge in [0.25, 0.3) is 5.91 Å². The van der Waals surface area contributed by atoms with Crippen molar-refractivity contribution in [3.8, 4) is 5.69 Å². The van der Waals surface area contributed by atoms with E-state index < -0.39 is 0 Å². The van der Waals surface area contributed by atoms with Gasteiger partial charge in [0, 0.05) is 4.88 Å². The Morgan fingerprint density at radius 2 is 1.96 bits per heavy atom. The predicted molar refractivity (Wildman–Crippen MR) is 108 cm³/mol. The fourth-order valence-electron chi connectivity index (χ4n) is 4.00. The number of thiophene rings is 1. The molecule has 3 heterocycles. The molecule has 1 unspecified atom stereocenters. The monoisotopic (exact) mass is 398 g/mol.